The maximum absolute atomic E-state index is 12.7. The van der Waals surface area contributed by atoms with Crippen molar-refractivity contribution in [2.75, 3.05) is 41.0 Å². The molecular formula is C51H98NO7+. The molecule has 0 radical (unpaired) electrons. The highest BCUT2D eigenvalue weighted by Crippen LogP contribution is 2.17. The number of nitrogens with zero attached hydrogens (tertiary/aromatic N) is 1. The zero-order chi connectivity index (χ0) is 43.5. The van der Waals surface area contributed by atoms with E-state index in [0.717, 1.165) is 51.4 Å². The Bertz CT molecular complexity index is 978. The van der Waals surface area contributed by atoms with Gasteiger partial charge < -0.3 is 23.8 Å². The van der Waals surface area contributed by atoms with Crippen molar-refractivity contribution in [3.05, 3.63) is 12.2 Å². The summed E-state index contributed by atoms with van der Waals surface area (Å²) in [7, 11) is 5.54. The van der Waals surface area contributed by atoms with Crippen LogP contribution in [-0.2, 0) is 28.6 Å². The van der Waals surface area contributed by atoms with Gasteiger partial charge in [0.05, 0.1) is 34.4 Å². The molecule has 2 unspecified atom stereocenters. The lowest BCUT2D eigenvalue weighted by molar-refractivity contribution is -0.887. The van der Waals surface area contributed by atoms with Gasteiger partial charge in [-0.15, -0.1) is 0 Å². The van der Waals surface area contributed by atoms with E-state index in [0.29, 0.717) is 19.3 Å². The van der Waals surface area contributed by atoms with Crippen LogP contribution in [-0.4, -0.2) is 80.6 Å². The molecule has 0 saturated heterocycles. The van der Waals surface area contributed by atoms with Crippen LogP contribution in [0.4, 0.5) is 0 Å². The van der Waals surface area contributed by atoms with Crippen LogP contribution in [0.25, 0.3) is 0 Å². The smallest absolute Gasteiger partial charge is 0.362 e. The number of esters is 2. The zero-order valence-electron chi connectivity index (χ0n) is 39.7. The van der Waals surface area contributed by atoms with Gasteiger partial charge >= 0.3 is 17.9 Å². The fourth-order valence-electron chi connectivity index (χ4n) is 7.74. The highest BCUT2D eigenvalue weighted by molar-refractivity contribution is 5.72. The van der Waals surface area contributed by atoms with Crippen LogP contribution in [0.5, 0.6) is 0 Å². The van der Waals surface area contributed by atoms with Gasteiger partial charge in [0, 0.05) is 19.3 Å². The number of aliphatic carboxylic acids is 1. The minimum Gasteiger partial charge on any atom is -0.477 e. The highest BCUT2D eigenvalue weighted by atomic mass is 16.6. The van der Waals surface area contributed by atoms with Crippen LogP contribution in [0.2, 0.25) is 0 Å². The predicted molar refractivity (Wildman–Crippen MR) is 248 cm³/mol. The third-order valence-corrected chi connectivity index (χ3v) is 11.7. The Balaban J connectivity index is 4.12. The lowest BCUT2D eigenvalue weighted by Crippen LogP contribution is -2.50. The number of carboxylic acids is 1. The predicted octanol–water partition coefficient (Wildman–Crippen LogP) is 14.3. The number of carbonyl (C=O) groups excluding carboxylic acids is 2. The van der Waals surface area contributed by atoms with Gasteiger partial charge in [0.2, 0.25) is 0 Å². The molecule has 0 rings (SSSR count). The molecule has 1 N–H and O–H groups in total. The fourth-order valence-corrected chi connectivity index (χ4v) is 7.74. The summed E-state index contributed by atoms with van der Waals surface area (Å²) < 4.78 is 17.3. The number of unbranched alkanes of at least 4 members (excludes halogenated alkanes) is 30. The quantitative estimate of drug-likeness (QED) is 0.0282. The Kier molecular flexibility index (Phi) is 41.3. The van der Waals surface area contributed by atoms with E-state index < -0.39 is 18.1 Å². The first-order valence-corrected chi connectivity index (χ1v) is 25.2. The molecule has 0 spiro atoms. The van der Waals surface area contributed by atoms with Crippen LogP contribution in [0, 0.1) is 0 Å². The number of hydrogen-bond acceptors (Lipinski definition) is 6. The number of carboxylic acid groups (broad SMARTS) is 1. The SMILES string of the molecule is CCCCC/C=C\CCCCCCCC(=O)OC(COCCC(C(=O)O)[N+](C)(C)C)COC(=O)CCCCCCCCCCCCCCCCCCCCCCCCC. The lowest BCUT2D eigenvalue weighted by Gasteiger charge is -2.31. The van der Waals surface area contributed by atoms with E-state index in [-0.39, 0.29) is 36.2 Å². The van der Waals surface area contributed by atoms with Gasteiger partial charge in [-0.25, -0.2) is 4.79 Å². The van der Waals surface area contributed by atoms with E-state index in [1.54, 1.807) is 0 Å². The summed E-state index contributed by atoms with van der Waals surface area (Å²) in [5.41, 5.74) is 0. The normalized spacial score (nSPS) is 12.9. The first-order valence-electron chi connectivity index (χ1n) is 25.2. The number of hydrogen-bond donors (Lipinski definition) is 1. The second kappa shape index (κ2) is 42.7. The van der Waals surface area contributed by atoms with Gasteiger partial charge in [-0.05, 0) is 38.5 Å². The Morgan fingerprint density at radius 1 is 0.492 bits per heavy atom. The summed E-state index contributed by atoms with van der Waals surface area (Å²) in [5.74, 6) is -1.46. The van der Waals surface area contributed by atoms with Gasteiger partial charge in [-0.2, -0.15) is 0 Å². The molecule has 0 amide bonds. The number of likely N-dealkylation sites (N-methyl/N-ethyl adjacent to an activating group) is 1. The van der Waals surface area contributed by atoms with Gasteiger partial charge in [0.15, 0.2) is 12.1 Å². The second-order valence-corrected chi connectivity index (χ2v) is 18.4. The maximum atomic E-state index is 12.7. The van der Waals surface area contributed by atoms with Crippen LogP contribution < -0.4 is 0 Å². The van der Waals surface area contributed by atoms with Crippen LogP contribution in [0.1, 0.15) is 245 Å². The number of allylic oxidation sites excluding steroid dienone is 2. The molecule has 0 aromatic heterocycles. The number of quaternary nitrogens is 1. The average Bonchev–Trinajstić information content (AvgIpc) is 3.19. The molecule has 0 saturated carbocycles. The third kappa shape index (κ3) is 41.2. The largest absolute Gasteiger partial charge is 0.477 e. The Hall–Kier alpha value is -1.93. The van der Waals surface area contributed by atoms with E-state index in [1.165, 1.54) is 161 Å². The molecule has 0 heterocycles. The Morgan fingerprint density at radius 3 is 1.25 bits per heavy atom. The van der Waals surface area contributed by atoms with E-state index in [4.69, 9.17) is 14.2 Å². The minimum absolute atomic E-state index is 0.0480. The zero-order valence-corrected chi connectivity index (χ0v) is 39.7. The molecule has 59 heavy (non-hydrogen) atoms. The van der Waals surface area contributed by atoms with Crippen molar-refractivity contribution >= 4 is 17.9 Å². The van der Waals surface area contributed by atoms with Gasteiger partial charge in [-0.3, -0.25) is 9.59 Å². The molecule has 0 aromatic rings. The molecule has 8 nitrogen and oxygen atoms in total. The van der Waals surface area contributed by atoms with Crippen molar-refractivity contribution < 1.29 is 38.2 Å². The van der Waals surface area contributed by atoms with Gasteiger partial charge in [0.25, 0.3) is 0 Å². The average molecular weight is 837 g/mol. The molecule has 2 atom stereocenters. The molecule has 0 aliphatic carbocycles. The summed E-state index contributed by atoms with van der Waals surface area (Å²) in [6, 6.07) is -0.612. The molecule has 0 aromatic carbocycles. The van der Waals surface area contributed by atoms with Crippen molar-refractivity contribution in [3.63, 3.8) is 0 Å². The van der Waals surface area contributed by atoms with Crippen LogP contribution in [0.15, 0.2) is 12.2 Å². The summed E-state index contributed by atoms with van der Waals surface area (Å²) in [6.07, 6.45) is 47.0. The molecule has 0 fully saturated rings. The van der Waals surface area contributed by atoms with E-state index >= 15 is 0 Å². The first kappa shape index (κ1) is 57.1. The molecule has 8 heteroatoms. The topological polar surface area (TPSA) is 99.1 Å². The maximum Gasteiger partial charge on any atom is 0.362 e. The highest BCUT2D eigenvalue weighted by Gasteiger charge is 2.31. The summed E-state index contributed by atoms with van der Waals surface area (Å²) in [5, 5.41) is 9.63. The molecule has 0 aliphatic heterocycles. The van der Waals surface area contributed by atoms with Crippen molar-refractivity contribution in [3.8, 4) is 0 Å². The summed E-state index contributed by atoms with van der Waals surface area (Å²) >= 11 is 0. The molecule has 348 valence electrons. The molecule has 0 aliphatic rings. The number of carbonyl (C=O) groups is 3. The van der Waals surface area contributed by atoms with Crippen LogP contribution in [0.3, 0.4) is 0 Å². The van der Waals surface area contributed by atoms with Crippen molar-refractivity contribution in [2.24, 2.45) is 0 Å². The van der Waals surface area contributed by atoms with Crippen LogP contribution >= 0.6 is 0 Å². The van der Waals surface area contributed by atoms with Crippen molar-refractivity contribution in [1.29, 1.82) is 0 Å². The number of ether oxygens (including phenoxy) is 3. The standard InChI is InChI=1S/C51H97NO7/c1-6-8-10-12-14-16-18-20-21-22-23-24-25-26-27-28-29-30-32-33-35-37-39-41-49(53)58-46-47(45-57-44-43-48(51(55)56)52(3,4)5)59-50(54)42-40-38-36-34-31-19-17-15-13-11-9-7-2/h15,17,47-48H,6-14,16,18-46H2,1-5H3/p+1/b17-15-. The summed E-state index contributed by atoms with van der Waals surface area (Å²) in [6.45, 7) is 4.74. The third-order valence-electron chi connectivity index (χ3n) is 11.7. The first-order chi connectivity index (χ1) is 28.6. The van der Waals surface area contributed by atoms with E-state index in [1.807, 2.05) is 21.1 Å². The van der Waals surface area contributed by atoms with Crippen molar-refractivity contribution in [2.45, 2.75) is 257 Å². The Morgan fingerprint density at radius 2 is 0.847 bits per heavy atom. The van der Waals surface area contributed by atoms with E-state index in [2.05, 4.69) is 26.0 Å². The minimum atomic E-state index is -0.873. The van der Waals surface area contributed by atoms with Gasteiger partial charge in [0.1, 0.15) is 6.61 Å². The Labute approximate surface area is 365 Å². The van der Waals surface area contributed by atoms with E-state index in [9.17, 15) is 19.5 Å². The lowest BCUT2D eigenvalue weighted by atomic mass is 10.0. The van der Waals surface area contributed by atoms with Gasteiger partial charge in [-0.1, -0.05) is 199 Å². The second-order valence-electron chi connectivity index (χ2n) is 18.4. The number of rotatable bonds is 46. The molecular weight excluding hydrogens is 739 g/mol. The molecule has 0 bridgehead atoms. The fraction of sp³-hybridized carbons (Fsp3) is 0.902. The van der Waals surface area contributed by atoms with Crippen molar-refractivity contribution in [1.82, 2.24) is 0 Å². The summed E-state index contributed by atoms with van der Waals surface area (Å²) in [4.78, 5) is 37.0. The monoisotopic (exact) mass is 837 g/mol.